The number of rotatable bonds is 9. The molecule has 0 bridgehead atoms. The van der Waals surface area contributed by atoms with E-state index in [1.807, 2.05) is 0 Å². The van der Waals surface area contributed by atoms with Crippen molar-refractivity contribution in [1.82, 2.24) is 15.3 Å². The maximum Gasteiger partial charge on any atom is 0.321 e. The second-order valence-corrected chi connectivity index (χ2v) is 7.90. The number of carbonyl (C=O) groups is 1. The summed E-state index contributed by atoms with van der Waals surface area (Å²) in [6.45, 7) is -1.44. The highest BCUT2D eigenvalue weighted by Crippen LogP contribution is 2.28. The molecule has 11 atom stereocenters. The first-order valence-electron chi connectivity index (χ1n) is 10.2. The van der Waals surface area contributed by atoms with Crippen LogP contribution in [0.15, 0.2) is 12.5 Å². The normalized spacial score (nSPS) is 40.5. The van der Waals surface area contributed by atoms with Crippen LogP contribution in [0.5, 0.6) is 0 Å². The molecule has 1 aromatic heterocycles. The fraction of sp³-hybridized carbons (Fsp3) is 0.778. The first-order valence-corrected chi connectivity index (χ1v) is 10.2. The second-order valence-electron chi connectivity index (χ2n) is 7.90. The maximum atomic E-state index is 11.6. The van der Waals surface area contributed by atoms with Crippen LogP contribution in [0.1, 0.15) is 5.69 Å². The highest BCUT2D eigenvalue weighted by Gasteiger charge is 2.50. The Morgan fingerprint density at radius 1 is 1.03 bits per heavy atom. The van der Waals surface area contributed by atoms with Gasteiger partial charge in [0.15, 0.2) is 6.29 Å². The van der Waals surface area contributed by atoms with E-state index in [9.17, 15) is 45.6 Å². The van der Waals surface area contributed by atoms with E-state index in [4.69, 9.17) is 14.2 Å². The predicted molar refractivity (Wildman–Crippen MR) is 103 cm³/mol. The summed E-state index contributed by atoms with van der Waals surface area (Å²) < 4.78 is 16.2. The van der Waals surface area contributed by atoms with Crippen LogP contribution in [-0.4, -0.2) is 137 Å². The molecule has 2 aliphatic heterocycles. The zero-order valence-electron chi connectivity index (χ0n) is 17.3. The number of nitrogens with one attached hydrogen (secondary N) is 2. The number of aliphatic carboxylic acids is 1. The summed E-state index contributed by atoms with van der Waals surface area (Å²) in [6, 6.07) is -1.25. The molecule has 15 nitrogen and oxygen atoms in total. The van der Waals surface area contributed by atoms with Crippen LogP contribution in [0.3, 0.4) is 0 Å². The van der Waals surface area contributed by atoms with Gasteiger partial charge >= 0.3 is 5.97 Å². The van der Waals surface area contributed by atoms with Gasteiger partial charge in [-0.25, -0.2) is 4.98 Å². The highest BCUT2D eigenvalue weighted by atomic mass is 16.7. The zero-order valence-corrected chi connectivity index (χ0v) is 17.3. The van der Waals surface area contributed by atoms with Gasteiger partial charge in [0.1, 0.15) is 61.1 Å². The third-order valence-electron chi connectivity index (χ3n) is 5.65. The molecule has 10 N–H and O–H groups in total. The van der Waals surface area contributed by atoms with Crippen LogP contribution < -0.4 is 5.32 Å². The van der Waals surface area contributed by atoms with Gasteiger partial charge < -0.3 is 60.0 Å². The summed E-state index contributed by atoms with van der Waals surface area (Å²) in [6.07, 6.45) is -13.0. The Kier molecular flexibility index (Phi) is 8.70. The summed E-state index contributed by atoms with van der Waals surface area (Å²) in [5.74, 6) is -1.27. The number of H-pyrrole nitrogens is 1. The molecule has 0 amide bonds. The van der Waals surface area contributed by atoms with E-state index in [2.05, 4.69) is 15.3 Å². The van der Waals surface area contributed by atoms with Gasteiger partial charge in [-0.05, 0) is 0 Å². The molecular weight excluding hydrogens is 450 g/mol. The van der Waals surface area contributed by atoms with Crippen molar-refractivity contribution in [3.8, 4) is 0 Å². The van der Waals surface area contributed by atoms with E-state index in [1.54, 1.807) is 0 Å². The number of hydrogen-bond donors (Lipinski definition) is 10. The second kappa shape index (κ2) is 11.1. The Bertz CT molecular complexity index is 750. The Labute approximate surface area is 187 Å². The Morgan fingerprint density at radius 3 is 2.30 bits per heavy atom. The minimum absolute atomic E-state index is 0.0490. The van der Waals surface area contributed by atoms with E-state index in [1.165, 1.54) is 12.5 Å². The third kappa shape index (κ3) is 5.67. The third-order valence-corrected chi connectivity index (χ3v) is 5.65. The lowest BCUT2D eigenvalue weighted by Crippen LogP contribution is -2.67. The molecule has 0 aromatic carbocycles. The summed E-state index contributed by atoms with van der Waals surface area (Å²) >= 11 is 0. The molecule has 2 aliphatic rings. The lowest BCUT2D eigenvalue weighted by atomic mass is 9.96. The lowest BCUT2D eigenvalue weighted by Gasteiger charge is -2.46. The number of aliphatic hydroxyl groups is 7. The Hall–Kier alpha value is -1.76. The molecule has 0 aliphatic carbocycles. The standard InChI is InChI=1S/C18H29N3O12/c22-3-8-10(24)11(25)14(28)18(32-8)33-15-9(4-23)31-16(13(27)12(15)26)21-7(17(29)30)1-6-2-19-5-20-6/h2,5,7-16,18,21-28H,1,3-4H2,(H,19,20)(H,29,30)/t7-,8+,9+,10-,11-,12+,13+,14+,15+,16?,18-/m0/s1. The van der Waals surface area contributed by atoms with Crippen molar-refractivity contribution in [2.45, 2.75) is 73.8 Å². The fourth-order valence-corrected chi connectivity index (χ4v) is 3.76. The van der Waals surface area contributed by atoms with Gasteiger partial charge in [-0.1, -0.05) is 0 Å². The van der Waals surface area contributed by atoms with Gasteiger partial charge in [-0.15, -0.1) is 0 Å². The number of nitrogens with zero attached hydrogens (tertiary/aromatic N) is 1. The van der Waals surface area contributed by atoms with Crippen molar-refractivity contribution in [1.29, 1.82) is 0 Å². The number of hydrogen-bond acceptors (Lipinski definition) is 13. The number of ether oxygens (including phenoxy) is 3. The number of imidazole rings is 1. The molecule has 2 saturated heterocycles. The molecule has 3 rings (SSSR count). The van der Waals surface area contributed by atoms with E-state index in [-0.39, 0.29) is 6.42 Å². The van der Waals surface area contributed by atoms with Gasteiger partial charge in [-0.2, -0.15) is 0 Å². The molecule has 0 spiro atoms. The number of carboxylic acids is 1. The summed E-state index contributed by atoms with van der Waals surface area (Å²) in [4.78, 5) is 18.2. The SMILES string of the molecule is O=C(O)[C@H](Cc1cnc[nH]1)NC1O[C@H](CO)[C@@H](O[C@@H]2O[C@H](CO)[C@H](O)[C@H](O)[C@H]2O)[C@H](O)[C@H]1O. The molecule has 1 aromatic rings. The van der Waals surface area contributed by atoms with Crippen molar-refractivity contribution < 1.29 is 59.9 Å². The first kappa shape index (κ1) is 25.9. The zero-order chi connectivity index (χ0) is 24.3. The minimum Gasteiger partial charge on any atom is -0.480 e. The van der Waals surface area contributed by atoms with Crippen molar-refractivity contribution in [2.75, 3.05) is 13.2 Å². The molecule has 33 heavy (non-hydrogen) atoms. The van der Waals surface area contributed by atoms with E-state index < -0.39 is 86.6 Å². The number of carboxylic acid groups (broad SMARTS) is 1. The van der Waals surface area contributed by atoms with E-state index >= 15 is 0 Å². The predicted octanol–water partition coefficient (Wildman–Crippen LogP) is -5.38. The molecule has 0 radical (unpaired) electrons. The topological polar surface area (TPSA) is 247 Å². The van der Waals surface area contributed by atoms with Gasteiger partial charge in [-0.3, -0.25) is 10.1 Å². The average molecular weight is 479 g/mol. The fourth-order valence-electron chi connectivity index (χ4n) is 3.76. The molecule has 1 unspecified atom stereocenters. The monoisotopic (exact) mass is 479 g/mol. The quantitative estimate of drug-likeness (QED) is 0.159. The molecule has 188 valence electrons. The number of aromatic nitrogens is 2. The molecule has 0 saturated carbocycles. The first-order chi connectivity index (χ1) is 15.7. The van der Waals surface area contributed by atoms with Crippen molar-refractivity contribution in [2.24, 2.45) is 0 Å². The molecule has 15 heteroatoms. The van der Waals surface area contributed by atoms with Gasteiger partial charge in [0.2, 0.25) is 0 Å². The van der Waals surface area contributed by atoms with Crippen LogP contribution in [0, 0.1) is 0 Å². The summed E-state index contributed by atoms with van der Waals surface area (Å²) in [5, 5.41) is 82.1. The largest absolute Gasteiger partial charge is 0.480 e. The van der Waals surface area contributed by atoms with E-state index in [0.29, 0.717) is 5.69 Å². The highest BCUT2D eigenvalue weighted by molar-refractivity contribution is 5.73. The van der Waals surface area contributed by atoms with Crippen LogP contribution in [0.2, 0.25) is 0 Å². The Morgan fingerprint density at radius 2 is 1.73 bits per heavy atom. The van der Waals surface area contributed by atoms with Gasteiger partial charge in [0.25, 0.3) is 0 Å². The smallest absolute Gasteiger partial charge is 0.321 e. The molecular formula is C18H29N3O12. The lowest BCUT2D eigenvalue weighted by molar-refractivity contribution is -0.343. The van der Waals surface area contributed by atoms with Crippen molar-refractivity contribution in [3.05, 3.63) is 18.2 Å². The summed E-state index contributed by atoms with van der Waals surface area (Å²) in [5.41, 5.74) is 0.489. The maximum absolute atomic E-state index is 11.6. The van der Waals surface area contributed by atoms with Crippen molar-refractivity contribution >= 4 is 5.97 Å². The van der Waals surface area contributed by atoms with Gasteiger partial charge in [0, 0.05) is 18.3 Å². The average Bonchev–Trinajstić information content (AvgIpc) is 3.31. The van der Waals surface area contributed by atoms with Gasteiger partial charge in [0.05, 0.1) is 19.5 Å². The number of aromatic amines is 1. The number of aliphatic hydroxyl groups excluding tert-OH is 7. The van der Waals surface area contributed by atoms with Crippen molar-refractivity contribution in [3.63, 3.8) is 0 Å². The van der Waals surface area contributed by atoms with Crippen LogP contribution in [0.25, 0.3) is 0 Å². The Balaban J connectivity index is 1.70. The molecule has 3 heterocycles. The van der Waals surface area contributed by atoms with Crippen LogP contribution >= 0.6 is 0 Å². The minimum atomic E-state index is -1.78. The van der Waals surface area contributed by atoms with E-state index in [0.717, 1.165) is 0 Å². The van der Waals surface area contributed by atoms with Crippen LogP contribution in [-0.2, 0) is 25.4 Å². The van der Waals surface area contributed by atoms with Crippen LogP contribution in [0.4, 0.5) is 0 Å². The molecule has 2 fully saturated rings. The summed E-state index contributed by atoms with van der Waals surface area (Å²) in [7, 11) is 0.